The number of cyclic esters (lactones) is 1. The van der Waals surface area contributed by atoms with Crippen molar-refractivity contribution in [2.45, 2.75) is 31.7 Å². The molecular formula is C15H20N2O3S. The van der Waals surface area contributed by atoms with E-state index in [1.807, 2.05) is 21.2 Å². The van der Waals surface area contributed by atoms with Crippen LogP contribution in [-0.4, -0.2) is 54.1 Å². The summed E-state index contributed by atoms with van der Waals surface area (Å²) in [6.07, 6.45) is 2.93. The number of ether oxygens (including phenoxy) is 1. The van der Waals surface area contributed by atoms with Crippen molar-refractivity contribution < 1.29 is 14.3 Å². The Labute approximate surface area is 128 Å². The average Bonchev–Trinajstić information content (AvgIpc) is 3.16. The minimum absolute atomic E-state index is 0.197. The van der Waals surface area contributed by atoms with Crippen molar-refractivity contribution in [2.75, 3.05) is 26.2 Å². The molecule has 3 heterocycles. The van der Waals surface area contributed by atoms with E-state index in [2.05, 4.69) is 6.07 Å². The number of hydrogen-bond donors (Lipinski definition) is 0. The molecule has 114 valence electrons. The summed E-state index contributed by atoms with van der Waals surface area (Å²) in [4.78, 5) is 28.8. The van der Waals surface area contributed by atoms with Crippen molar-refractivity contribution in [3.63, 3.8) is 0 Å². The number of amides is 2. The zero-order valence-electron chi connectivity index (χ0n) is 12.0. The second-order valence-electron chi connectivity index (χ2n) is 5.50. The third-order valence-corrected chi connectivity index (χ3v) is 5.15. The molecule has 2 saturated heterocycles. The van der Waals surface area contributed by atoms with E-state index in [0.29, 0.717) is 19.6 Å². The second kappa shape index (κ2) is 6.47. The molecule has 2 fully saturated rings. The molecule has 0 N–H and O–H groups in total. The van der Waals surface area contributed by atoms with Crippen LogP contribution in [0.15, 0.2) is 17.5 Å². The number of rotatable bonds is 4. The molecule has 0 unspecified atom stereocenters. The van der Waals surface area contributed by atoms with Crippen LogP contribution >= 0.6 is 11.3 Å². The third kappa shape index (κ3) is 3.37. The smallest absolute Gasteiger partial charge is 0.410 e. The van der Waals surface area contributed by atoms with Crippen LogP contribution in [0.2, 0.25) is 0 Å². The van der Waals surface area contributed by atoms with Crippen LogP contribution in [0.1, 0.15) is 24.1 Å². The van der Waals surface area contributed by atoms with Crippen LogP contribution in [-0.2, 0) is 16.0 Å². The maximum atomic E-state index is 12.2. The monoisotopic (exact) mass is 308 g/mol. The molecule has 0 saturated carbocycles. The van der Waals surface area contributed by atoms with Gasteiger partial charge >= 0.3 is 6.09 Å². The summed E-state index contributed by atoms with van der Waals surface area (Å²) >= 11 is 1.70. The summed E-state index contributed by atoms with van der Waals surface area (Å²) < 4.78 is 4.98. The lowest BCUT2D eigenvalue weighted by molar-refractivity contribution is -0.132. The van der Waals surface area contributed by atoms with Crippen molar-refractivity contribution in [1.82, 2.24) is 9.80 Å². The van der Waals surface area contributed by atoms with E-state index in [0.717, 1.165) is 32.4 Å². The topological polar surface area (TPSA) is 49.9 Å². The Morgan fingerprint density at radius 2 is 2.14 bits per heavy atom. The van der Waals surface area contributed by atoms with Gasteiger partial charge in [-0.2, -0.15) is 0 Å². The predicted octanol–water partition coefficient (Wildman–Crippen LogP) is 2.12. The minimum Gasteiger partial charge on any atom is -0.448 e. The van der Waals surface area contributed by atoms with Gasteiger partial charge in [0.1, 0.15) is 6.61 Å². The van der Waals surface area contributed by atoms with Gasteiger partial charge in [0.2, 0.25) is 5.91 Å². The normalized spacial score (nSPS) is 19.9. The fourth-order valence-electron chi connectivity index (χ4n) is 3.01. The molecule has 2 aliphatic rings. The van der Waals surface area contributed by atoms with E-state index in [9.17, 15) is 9.59 Å². The average molecular weight is 308 g/mol. The molecule has 0 aliphatic carbocycles. The molecule has 0 radical (unpaired) electrons. The molecule has 1 aromatic heterocycles. The Balaban J connectivity index is 1.44. The third-order valence-electron chi connectivity index (χ3n) is 4.22. The van der Waals surface area contributed by atoms with E-state index in [4.69, 9.17) is 4.74 Å². The molecule has 2 amide bonds. The number of carbonyl (C=O) groups is 2. The molecule has 0 spiro atoms. The predicted molar refractivity (Wildman–Crippen MR) is 80.3 cm³/mol. The maximum absolute atomic E-state index is 12.2. The highest BCUT2D eigenvalue weighted by atomic mass is 32.1. The molecule has 2 aliphatic heterocycles. The highest BCUT2D eigenvalue weighted by molar-refractivity contribution is 7.09. The Morgan fingerprint density at radius 3 is 2.76 bits per heavy atom. The zero-order valence-corrected chi connectivity index (χ0v) is 12.8. The quantitative estimate of drug-likeness (QED) is 0.856. The van der Waals surface area contributed by atoms with Crippen molar-refractivity contribution >= 4 is 23.3 Å². The van der Waals surface area contributed by atoms with Crippen molar-refractivity contribution in [1.29, 1.82) is 0 Å². The van der Waals surface area contributed by atoms with Crippen LogP contribution in [0.5, 0.6) is 0 Å². The molecule has 1 aromatic rings. The van der Waals surface area contributed by atoms with Crippen LogP contribution < -0.4 is 0 Å². The molecule has 0 bridgehead atoms. The Kier molecular flexibility index (Phi) is 4.43. The lowest BCUT2D eigenvalue weighted by atomic mass is 10.0. The summed E-state index contributed by atoms with van der Waals surface area (Å²) in [5.41, 5.74) is 0. The van der Waals surface area contributed by atoms with Gasteiger partial charge in [-0.3, -0.25) is 4.79 Å². The first-order chi connectivity index (χ1) is 10.2. The molecule has 0 aromatic carbocycles. The largest absolute Gasteiger partial charge is 0.448 e. The molecule has 5 nitrogen and oxygen atoms in total. The highest BCUT2D eigenvalue weighted by Crippen LogP contribution is 2.21. The maximum Gasteiger partial charge on any atom is 0.410 e. The second-order valence-corrected chi connectivity index (χ2v) is 6.53. The fraction of sp³-hybridized carbons (Fsp3) is 0.600. The summed E-state index contributed by atoms with van der Waals surface area (Å²) in [6, 6.07) is 4.33. The first-order valence-corrected chi connectivity index (χ1v) is 8.35. The molecule has 3 rings (SSSR count). The first-order valence-electron chi connectivity index (χ1n) is 7.47. The zero-order chi connectivity index (χ0) is 14.7. The van der Waals surface area contributed by atoms with Gasteiger partial charge in [-0.1, -0.05) is 6.07 Å². The van der Waals surface area contributed by atoms with E-state index in [1.54, 1.807) is 11.3 Å². The summed E-state index contributed by atoms with van der Waals surface area (Å²) in [5, 5.41) is 2.04. The van der Waals surface area contributed by atoms with E-state index in [1.165, 1.54) is 4.88 Å². The first kappa shape index (κ1) is 14.4. The standard InChI is InChI=1S/C15H20N2O3S/c18-14(4-3-13-2-1-11-21-13)16-7-5-12(6-8-16)17-9-10-20-15(17)19/h1-2,11-12H,3-10H2. The number of piperidine rings is 1. The van der Waals surface area contributed by atoms with Gasteiger partial charge in [0.25, 0.3) is 0 Å². The van der Waals surface area contributed by atoms with Crippen LogP contribution in [0, 0.1) is 0 Å². The van der Waals surface area contributed by atoms with Gasteiger partial charge in [0.05, 0.1) is 6.54 Å². The van der Waals surface area contributed by atoms with Gasteiger partial charge in [-0.25, -0.2) is 4.79 Å². The van der Waals surface area contributed by atoms with Crippen LogP contribution in [0.4, 0.5) is 4.79 Å². The van der Waals surface area contributed by atoms with Gasteiger partial charge < -0.3 is 14.5 Å². The number of aryl methyl sites for hydroxylation is 1. The summed E-state index contributed by atoms with van der Waals surface area (Å²) in [7, 11) is 0. The van der Waals surface area contributed by atoms with Crippen molar-refractivity contribution in [2.24, 2.45) is 0 Å². The number of nitrogens with zero attached hydrogens (tertiary/aromatic N) is 2. The van der Waals surface area contributed by atoms with E-state index < -0.39 is 0 Å². The number of hydrogen-bond acceptors (Lipinski definition) is 4. The van der Waals surface area contributed by atoms with Gasteiger partial charge in [-0.15, -0.1) is 11.3 Å². The van der Waals surface area contributed by atoms with E-state index >= 15 is 0 Å². The Bertz CT molecular complexity index is 495. The van der Waals surface area contributed by atoms with Gasteiger partial charge in [0, 0.05) is 30.4 Å². The summed E-state index contributed by atoms with van der Waals surface area (Å²) in [5.74, 6) is 0.228. The SMILES string of the molecule is O=C(CCc1cccs1)N1CCC(N2CCOC2=O)CC1. The molecule has 21 heavy (non-hydrogen) atoms. The van der Waals surface area contributed by atoms with Crippen molar-refractivity contribution in [3.05, 3.63) is 22.4 Å². The van der Waals surface area contributed by atoms with Crippen LogP contribution in [0.3, 0.4) is 0 Å². The molecule has 6 heteroatoms. The van der Waals surface area contributed by atoms with Crippen LogP contribution in [0.25, 0.3) is 0 Å². The van der Waals surface area contributed by atoms with Gasteiger partial charge in [-0.05, 0) is 30.7 Å². The lowest BCUT2D eigenvalue weighted by Crippen LogP contribution is -2.47. The molecular weight excluding hydrogens is 288 g/mol. The number of carbonyl (C=O) groups excluding carboxylic acids is 2. The van der Waals surface area contributed by atoms with Crippen molar-refractivity contribution in [3.8, 4) is 0 Å². The lowest BCUT2D eigenvalue weighted by Gasteiger charge is -2.35. The van der Waals surface area contributed by atoms with E-state index in [-0.39, 0.29) is 18.0 Å². The number of thiophene rings is 1. The fourth-order valence-corrected chi connectivity index (χ4v) is 3.72. The number of likely N-dealkylation sites (tertiary alicyclic amines) is 1. The Morgan fingerprint density at radius 1 is 1.33 bits per heavy atom. The Hall–Kier alpha value is -1.56. The van der Waals surface area contributed by atoms with Gasteiger partial charge in [0.15, 0.2) is 0 Å². The summed E-state index contributed by atoms with van der Waals surface area (Å²) in [6.45, 7) is 2.68. The minimum atomic E-state index is -0.197. The highest BCUT2D eigenvalue weighted by Gasteiger charge is 2.33. The molecule has 0 atom stereocenters.